The molecule has 6 nitrogen and oxygen atoms in total. The summed E-state index contributed by atoms with van der Waals surface area (Å²) in [4.78, 5) is 10.3. The second-order valence-electron chi connectivity index (χ2n) is 4.82. The van der Waals surface area contributed by atoms with E-state index in [1.165, 1.54) is 6.42 Å². The number of rotatable bonds is 7. The number of hydrogen-bond donors (Lipinski definition) is 3. The molecule has 1 rings (SSSR count). The molecular formula is C11H21NO5S. The highest BCUT2D eigenvalue weighted by Gasteiger charge is 2.21. The van der Waals surface area contributed by atoms with E-state index < -0.39 is 22.1 Å². The van der Waals surface area contributed by atoms with E-state index in [2.05, 4.69) is 4.72 Å². The molecule has 1 atom stereocenters. The van der Waals surface area contributed by atoms with Gasteiger partial charge >= 0.3 is 5.97 Å². The van der Waals surface area contributed by atoms with E-state index in [1.807, 2.05) is 0 Å². The molecule has 7 heteroatoms. The summed E-state index contributed by atoms with van der Waals surface area (Å²) in [6.45, 7) is -0.0392. The molecule has 0 heterocycles. The highest BCUT2D eigenvalue weighted by atomic mass is 32.2. The van der Waals surface area contributed by atoms with Crippen LogP contribution in [0.3, 0.4) is 0 Å². The number of nitrogens with one attached hydrogen (secondary N) is 1. The number of carboxylic acid groups (broad SMARTS) is 1. The van der Waals surface area contributed by atoms with Crippen LogP contribution in [0.2, 0.25) is 0 Å². The quantitative estimate of drug-likeness (QED) is 0.622. The topological polar surface area (TPSA) is 104 Å². The summed E-state index contributed by atoms with van der Waals surface area (Å²) in [5, 5.41) is 17.5. The van der Waals surface area contributed by atoms with Crippen LogP contribution in [0.4, 0.5) is 0 Å². The molecule has 0 spiro atoms. The number of hydrogen-bond acceptors (Lipinski definition) is 4. The highest BCUT2D eigenvalue weighted by molar-refractivity contribution is 7.89. The lowest BCUT2D eigenvalue weighted by Crippen LogP contribution is -2.34. The predicted molar refractivity (Wildman–Crippen MR) is 66.6 cm³/mol. The third-order valence-corrected chi connectivity index (χ3v) is 4.76. The molecule has 3 N–H and O–H groups in total. The van der Waals surface area contributed by atoms with Gasteiger partial charge in [-0.15, -0.1) is 0 Å². The molecule has 0 radical (unpaired) electrons. The summed E-state index contributed by atoms with van der Waals surface area (Å²) in [6, 6.07) is 0. The van der Waals surface area contributed by atoms with Crippen LogP contribution in [-0.4, -0.2) is 43.0 Å². The molecule has 0 bridgehead atoms. The van der Waals surface area contributed by atoms with Crippen LogP contribution in [-0.2, 0) is 14.8 Å². The van der Waals surface area contributed by atoms with E-state index in [0.29, 0.717) is 0 Å². The Morgan fingerprint density at radius 1 is 1.28 bits per heavy atom. The lowest BCUT2D eigenvalue weighted by molar-refractivity contribution is -0.146. The van der Waals surface area contributed by atoms with Crippen LogP contribution in [0.1, 0.15) is 38.5 Å². The molecule has 0 saturated heterocycles. The Morgan fingerprint density at radius 3 is 2.44 bits per heavy atom. The summed E-state index contributed by atoms with van der Waals surface area (Å²) >= 11 is 0. The van der Waals surface area contributed by atoms with Crippen molar-refractivity contribution in [2.75, 3.05) is 12.3 Å². The van der Waals surface area contributed by atoms with Gasteiger partial charge in [-0.2, -0.15) is 0 Å². The van der Waals surface area contributed by atoms with Gasteiger partial charge in [0.05, 0.1) is 5.75 Å². The average Bonchev–Trinajstić information content (AvgIpc) is 2.29. The molecule has 18 heavy (non-hydrogen) atoms. The first kappa shape index (κ1) is 15.4. The molecule has 0 amide bonds. The van der Waals surface area contributed by atoms with E-state index >= 15 is 0 Å². The van der Waals surface area contributed by atoms with Crippen LogP contribution < -0.4 is 4.72 Å². The summed E-state index contributed by atoms with van der Waals surface area (Å²) < 4.78 is 25.8. The number of carbonyl (C=O) groups is 1. The zero-order valence-electron chi connectivity index (χ0n) is 10.3. The first-order chi connectivity index (χ1) is 8.41. The van der Waals surface area contributed by atoms with Crippen molar-refractivity contribution in [3.8, 4) is 0 Å². The van der Waals surface area contributed by atoms with Crippen molar-refractivity contribution in [3.63, 3.8) is 0 Å². The number of carboxylic acids is 1. The molecule has 1 saturated carbocycles. The van der Waals surface area contributed by atoms with Gasteiger partial charge in [-0.05, 0) is 25.2 Å². The summed E-state index contributed by atoms with van der Waals surface area (Å²) in [6.07, 6.45) is 3.60. The Hall–Kier alpha value is -0.660. The Labute approximate surface area is 107 Å². The van der Waals surface area contributed by atoms with E-state index in [-0.39, 0.29) is 24.6 Å². The van der Waals surface area contributed by atoms with Gasteiger partial charge in [0.15, 0.2) is 6.10 Å². The molecule has 106 valence electrons. The fourth-order valence-corrected chi connectivity index (χ4v) is 3.70. The van der Waals surface area contributed by atoms with Gasteiger partial charge in [-0.3, -0.25) is 0 Å². The van der Waals surface area contributed by atoms with Crippen molar-refractivity contribution in [1.82, 2.24) is 4.72 Å². The van der Waals surface area contributed by atoms with Crippen LogP contribution in [0, 0.1) is 5.92 Å². The Morgan fingerprint density at radius 2 is 1.89 bits per heavy atom. The molecule has 1 aliphatic carbocycles. The van der Waals surface area contributed by atoms with Gasteiger partial charge in [0.1, 0.15) is 0 Å². The summed E-state index contributed by atoms with van der Waals surface area (Å²) in [5.41, 5.74) is 0. The lowest BCUT2D eigenvalue weighted by atomic mass is 9.91. The number of sulfonamides is 1. The van der Waals surface area contributed by atoms with Crippen molar-refractivity contribution in [3.05, 3.63) is 0 Å². The van der Waals surface area contributed by atoms with E-state index in [9.17, 15) is 13.2 Å². The highest BCUT2D eigenvalue weighted by Crippen LogP contribution is 2.24. The normalized spacial score (nSPS) is 19.6. The molecule has 0 aromatic carbocycles. The maximum atomic E-state index is 11.7. The van der Waals surface area contributed by atoms with Gasteiger partial charge in [0.2, 0.25) is 10.0 Å². The maximum absolute atomic E-state index is 11.7. The van der Waals surface area contributed by atoms with Crippen molar-refractivity contribution in [2.45, 2.75) is 44.6 Å². The van der Waals surface area contributed by atoms with Crippen LogP contribution in [0.5, 0.6) is 0 Å². The molecule has 1 fully saturated rings. The molecule has 0 aromatic heterocycles. The van der Waals surface area contributed by atoms with E-state index in [1.54, 1.807) is 0 Å². The number of aliphatic hydroxyl groups is 1. The van der Waals surface area contributed by atoms with Crippen LogP contribution >= 0.6 is 0 Å². The second kappa shape index (κ2) is 7.06. The number of aliphatic hydroxyl groups excluding tert-OH is 1. The summed E-state index contributed by atoms with van der Waals surface area (Å²) in [7, 11) is -3.36. The predicted octanol–water partition coefficient (Wildman–Crippen LogP) is 0.322. The van der Waals surface area contributed by atoms with Gasteiger partial charge < -0.3 is 10.2 Å². The zero-order chi connectivity index (χ0) is 13.6. The molecule has 1 aliphatic rings. The first-order valence-electron chi connectivity index (χ1n) is 6.29. The average molecular weight is 279 g/mol. The Bertz CT molecular complexity index is 362. The van der Waals surface area contributed by atoms with E-state index in [0.717, 1.165) is 25.7 Å². The molecule has 0 aromatic rings. The smallest absolute Gasteiger partial charge is 0.332 e. The minimum Gasteiger partial charge on any atom is -0.479 e. The SMILES string of the molecule is O=C(O)C(O)CCNS(=O)(=O)CC1CCCCC1. The molecule has 0 aliphatic heterocycles. The van der Waals surface area contributed by atoms with Crippen molar-refractivity contribution >= 4 is 16.0 Å². The largest absolute Gasteiger partial charge is 0.479 e. The zero-order valence-corrected chi connectivity index (χ0v) is 11.2. The van der Waals surface area contributed by atoms with Gasteiger partial charge in [-0.1, -0.05) is 19.3 Å². The third-order valence-electron chi connectivity index (χ3n) is 3.20. The standard InChI is InChI=1S/C11H21NO5S/c13-10(11(14)15)6-7-12-18(16,17)8-9-4-2-1-3-5-9/h9-10,12-13H,1-8H2,(H,14,15). The van der Waals surface area contributed by atoms with Crippen molar-refractivity contribution in [2.24, 2.45) is 5.92 Å². The Balaban J connectivity index is 2.28. The van der Waals surface area contributed by atoms with Crippen molar-refractivity contribution in [1.29, 1.82) is 0 Å². The third kappa shape index (κ3) is 5.79. The van der Waals surface area contributed by atoms with Crippen molar-refractivity contribution < 1.29 is 23.4 Å². The Kier molecular flexibility index (Phi) is 6.04. The minimum absolute atomic E-state index is 0.0392. The van der Waals surface area contributed by atoms with Crippen LogP contribution in [0.25, 0.3) is 0 Å². The summed E-state index contributed by atoms with van der Waals surface area (Å²) in [5.74, 6) is -1.02. The minimum atomic E-state index is -3.36. The molecular weight excluding hydrogens is 258 g/mol. The fraction of sp³-hybridized carbons (Fsp3) is 0.909. The molecule has 1 unspecified atom stereocenters. The monoisotopic (exact) mass is 279 g/mol. The van der Waals surface area contributed by atoms with Gasteiger partial charge in [-0.25, -0.2) is 17.9 Å². The number of aliphatic carboxylic acids is 1. The van der Waals surface area contributed by atoms with Crippen LogP contribution in [0.15, 0.2) is 0 Å². The maximum Gasteiger partial charge on any atom is 0.332 e. The second-order valence-corrected chi connectivity index (χ2v) is 6.67. The van der Waals surface area contributed by atoms with Gasteiger partial charge in [0, 0.05) is 6.54 Å². The van der Waals surface area contributed by atoms with E-state index in [4.69, 9.17) is 10.2 Å². The fourth-order valence-electron chi connectivity index (χ4n) is 2.20. The lowest BCUT2D eigenvalue weighted by Gasteiger charge is -2.21. The van der Waals surface area contributed by atoms with Gasteiger partial charge in [0.25, 0.3) is 0 Å². The first-order valence-corrected chi connectivity index (χ1v) is 7.94.